The lowest BCUT2D eigenvalue weighted by Gasteiger charge is -2.07. The van der Waals surface area contributed by atoms with Crippen LogP contribution >= 0.6 is 0 Å². The molecule has 1 aromatic carbocycles. The number of carboxylic acids is 1. The molecule has 1 rings (SSSR count). The number of hydrogen-bond acceptors (Lipinski definition) is 4. The summed E-state index contributed by atoms with van der Waals surface area (Å²) in [5, 5.41) is 10.6. The summed E-state index contributed by atoms with van der Waals surface area (Å²) in [6.45, 7) is 0. The lowest BCUT2D eigenvalue weighted by molar-refractivity contribution is -0.138. The van der Waals surface area contributed by atoms with E-state index < -0.39 is 23.7 Å². The molecule has 0 heterocycles. The Morgan fingerprint density at radius 2 is 2.00 bits per heavy atom. The van der Waals surface area contributed by atoms with Crippen LogP contribution in [0.4, 0.5) is 10.1 Å². The number of amides is 1. The molecule has 0 bridgehead atoms. The zero-order chi connectivity index (χ0) is 14.4. The molecule has 0 aliphatic carbocycles. The lowest BCUT2D eigenvalue weighted by atomic mass is 10.2. The number of aliphatic carboxylic acids is 1. The predicted molar refractivity (Wildman–Crippen MR) is 63.2 cm³/mol. The summed E-state index contributed by atoms with van der Waals surface area (Å²) >= 11 is 0. The van der Waals surface area contributed by atoms with E-state index in [-0.39, 0.29) is 24.1 Å². The summed E-state index contributed by atoms with van der Waals surface area (Å²) < 4.78 is 17.9. The van der Waals surface area contributed by atoms with E-state index in [2.05, 4.69) is 10.1 Å². The fraction of sp³-hybridized carbons (Fsp3) is 0.250. The molecule has 0 saturated heterocycles. The summed E-state index contributed by atoms with van der Waals surface area (Å²) in [6.07, 6.45) is -0.638. The van der Waals surface area contributed by atoms with Gasteiger partial charge in [-0.25, -0.2) is 9.18 Å². The van der Waals surface area contributed by atoms with Crippen molar-refractivity contribution >= 4 is 23.5 Å². The van der Waals surface area contributed by atoms with E-state index in [1.54, 1.807) is 0 Å². The van der Waals surface area contributed by atoms with Crippen molar-refractivity contribution < 1.29 is 28.6 Å². The van der Waals surface area contributed by atoms with Crippen molar-refractivity contribution in [3.63, 3.8) is 0 Å². The Morgan fingerprint density at radius 3 is 2.58 bits per heavy atom. The number of rotatable bonds is 5. The normalized spacial score (nSPS) is 9.79. The highest BCUT2D eigenvalue weighted by molar-refractivity contribution is 5.95. The van der Waals surface area contributed by atoms with Crippen molar-refractivity contribution in [2.24, 2.45) is 0 Å². The van der Waals surface area contributed by atoms with Crippen LogP contribution in [0.1, 0.15) is 23.2 Å². The molecule has 0 radical (unpaired) electrons. The summed E-state index contributed by atoms with van der Waals surface area (Å²) in [6, 6.07) is 3.35. The number of anilines is 1. The average Bonchev–Trinajstić information content (AvgIpc) is 2.38. The molecule has 102 valence electrons. The summed E-state index contributed by atoms with van der Waals surface area (Å²) in [4.78, 5) is 32.9. The van der Waals surface area contributed by atoms with Crippen molar-refractivity contribution in [1.29, 1.82) is 0 Å². The number of ether oxygens (including phenoxy) is 1. The second-order valence-corrected chi connectivity index (χ2v) is 3.63. The van der Waals surface area contributed by atoms with Gasteiger partial charge >= 0.3 is 11.9 Å². The molecule has 0 aromatic heterocycles. The van der Waals surface area contributed by atoms with Crippen molar-refractivity contribution in [2.45, 2.75) is 12.8 Å². The molecule has 0 saturated carbocycles. The van der Waals surface area contributed by atoms with Crippen LogP contribution < -0.4 is 5.32 Å². The Balaban J connectivity index is 2.79. The quantitative estimate of drug-likeness (QED) is 0.788. The molecular formula is C12H12FNO5. The third-order valence-corrected chi connectivity index (χ3v) is 2.23. The van der Waals surface area contributed by atoms with Gasteiger partial charge in [-0.3, -0.25) is 9.59 Å². The molecule has 6 nitrogen and oxygen atoms in total. The maximum atomic E-state index is 13.4. The molecule has 0 aliphatic heterocycles. The van der Waals surface area contributed by atoms with Crippen LogP contribution in [0.3, 0.4) is 0 Å². The minimum Gasteiger partial charge on any atom is -0.481 e. The Labute approximate surface area is 108 Å². The monoisotopic (exact) mass is 269 g/mol. The standard InChI is InChI=1S/C12H12FNO5/c1-19-12(18)7-2-3-8(13)9(6-7)14-10(15)4-5-11(16)17/h2-3,6H,4-5H2,1H3,(H,14,15)(H,16,17). The van der Waals surface area contributed by atoms with Gasteiger partial charge in [0.15, 0.2) is 0 Å². The maximum Gasteiger partial charge on any atom is 0.337 e. The van der Waals surface area contributed by atoms with Crippen molar-refractivity contribution in [2.75, 3.05) is 12.4 Å². The number of hydrogen-bond donors (Lipinski definition) is 2. The number of halogens is 1. The fourth-order valence-electron chi connectivity index (χ4n) is 1.30. The van der Waals surface area contributed by atoms with Crippen LogP contribution in [-0.4, -0.2) is 30.1 Å². The Morgan fingerprint density at radius 1 is 1.32 bits per heavy atom. The Kier molecular flexibility index (Phi) is 4.99. The number of carbonyl (C=O) groups is 3. The van der Waals surface area contributed by atoms with E-state index in [9.17, 15) is 18.8 Å². The Hall–Kier alpha value is -2.44. The van der Waals surface area contributed by atoms with Crippen LogP contribution in [0.25, 0.3) is 0 Å². The molecule has 0 spiro atoms. The first-order valence-corrected chi connectivity index (χ1v) is 5.33. The number of esters is 1. The average molecular weight is 269 g/mol. The largest absolute Gasteiger partial charge is 0.481 e. The third-order valence-electron chi connectivity index (χ3n) is 2.23. The number of nitrogens with one attached hydrogen (secondary N) is 1. The lowest BCUT2D eigenvalue weighted by Crippen LogP contribution is -2.15. The van der Waals surface area contributed by atoms with Gasteiger partial charge < -0.3 is 15.2 Å². The highest BCUT2D eigenvalue weighted by atomic mass is 19.1. The van der Waals surface area contributed by atoms with Gasteiger partial charge in [-0.05, 0) is 18.2 Å². The van der Waals surface area contributed by atoms with Crippen LogP contribution in [-0.2, 0) is 14.3 Å². The molecule has 2 N–H and O–H groups in total. The van der Waals surface area contributed by atoms with E-state index >= 15 is 0 Å². The van der Waals surface area contributed by atoms with Crippen LogP contribution in [0.5, 0.6) is 0 Å². The number of carbonyl (C=O) groups excluding carboxylic acids is 2. The van der Waals surface area contributed by atoms with Gasteiger partial charge in [0, 0.05) is 6.42 Å². The predicted octanol–water partition coefficient (Wildman–Crippen LogP) is 1.42. The van der Waals surface area contributed by atoms with Crippen molar-refractivity contribution in [1.82, 2.24) is 0 Å². The summed E-state index contributed by atoms with van der Waals surface area (Å²) in [7, 11) is 1.18. The molecule has 0 unspecified atom stereocenters. The molecule has 7 heteroatoms. The van der Waals surface area contributed by atoms with Crippen LogP contribution in [0.15, 0.2) is 18.2 Å². The van der Waals surface area contributed by atoms with Gasteiger partial charge in [-0.15, -0.1) is 0 Å². The third kappa shape index (κ3) is 4.38. The van der Waals surface area contributed by atoms with E-state index in [1.165, 1.54) is 13.2 Å². The van der Waals surface area contributed by atoms with E-state index in [0.29, 0.717) is 0 Å². The van der Waals surface area contributed by atoms with Gasteiger partial charge in [0.1, 0.15) is 5.82 Å². The number of methoxy groups -OCH3 is 1. The van der Waals surface area contributed by atoms with Crippen LogP contribution in [0.2, 0.25) is 0 Å². The molecular weight excluding hydrogens is 257 g/mol. The maximum absolute atomic E-state index is 13.4. The molecule has 1 aromatic rings. The minimum atomic E-state index is -1.13. The first-order chi connectivity index (χ1) is 8.93. The second kappa shape index (κ2) is 6.48. The highest BCUT2D eigenvalue weighted by Gasteiger charge is 2.12. The molecule has 0 fully saturated rings. The molecule has 1 amide bonds. The van der Waals surface area contributed by atoms with Gasteiger partial charge in [0.25, 0.3) is 0 Å². The molecule has 0 aliphatic rings. The van der Waals surface area contributed by atoms with Crippen molar-refractivity contribution in [3.8, 4) is 0 Å². The number of benzene rings is 1. The first-order valence-electron chi connectivity index (χ1n) is 5.33. The zero-order valence-corrected chi connectivity index (χ0v) is 10.1. The van der Waals surface area contributed by atoms with Crippen molar-refractivity contribution in [3.05, 3.63) is 29.6 Å². The molecule has 0 atom stereocenters. The van der Waals surface area contributed by atoms with Gasteiger partial charge in [0.2, 0.25) is 5.91 Å². The second-order valence-electron chi connectivity index (χ2n) is 3.63. The zero-order valence-electron chi connectivity index (χ0n) is 10.1. The van der Waals surface area contributed by atoms with Gasteiger partial charge in [-0.2, -0.15) is 0 Å². The smallest absolute Gasteiger partial charge is 0.337 e. The highest BCUT2D eigenvalue weighted by Crippen LogP contribution is 2.17. The SMILES string of the molecule is COC(=O)c1ccc(F)c(NC(=O)CCC(=O)O)c1. The van der Waals surface area contributed by atoms with Crippen LogP contribution in [0, 0.1) is 5.82 Å². The van der Waals surface area contributed by atoms with Gasteiger partial charge in [0.05, 0.1) is 24.8 Å². The fourth-order valence-corrected chi connectivity index (χ4v) is 1.30. The van der Waals surface area contributed by atoms with E-state index in [1.807, 2.05) is 0 Å². The first kappa shape index (κ1) is 14.6. The van der Waals surface area contributed by atoms with Gasteiger partial charge in [-0.1, -0.05) is 0 Å². The van der Waals surface area contributed by atoms with E-state index in [4.69, 9.17) is 5.11 Å². The minimum absolute atomic E-state index is 0.0810. The summed E-state index contributed by atoms with van der Waals surface area (Å²) in [5.41, 5.74) is -0.115. The summed E-state index contributed by atoms with van der Waals surface area (Å²) in [5.74, 6) is -3.17. The topological polar surface area (TPSA) is 92.7 Å². The molecule has 19 heavy (non-hydrogen) atoms. The van der Waals surface area contributed by atoms with E-state index in [0.717, 1.165) is 12.1 Å². The Bertz CT molecular complexity index is 515. The number of carboxylic acid groups (broad SMARTS) is 1.